The van der Waals surface area contributed by atoms with Crippen molar-refractivity contribution >= 4 is 11.7 Å². The number of carbonyl (C=O) groups excluding carboxylic acids is 1. The van der Waals surface area contributed by atoms with E-state index in [0.717, 1.165) is 17.5 Å². The molecule has 1 heterocycles. The van der Waals surface area contributed by atoms with E-state index in [4.69, 9.17) is 15.2 Å². The topological polar surface area (TPSA) is 61.5 Å². The second kappa shape index (κ2) is 3.79. The second-order valence-corrected chi connectivity index (χ2v) is 4.04. The van der Waals surface area contributed by atoms with Gasteiger partial charge in [0.05, 0.1) is 13.7 Å². The van der Waals surface area contributed by atoms with Crippen LogP contribution in [0.5, 0.6) is 0 Å². The maximum Gasteiger partial charge on any atom is 0.342 e. The summed E-state index contributed by atoms with van der Waals surface area (Å²) in [7, 11) is 1.36. The van der Waals surface area contributed by atoms with Crippen LogP contribution < -0.4 is 5.73 Å². The van der Waals surface area contributed by atoms with Gasteiger partial charge in [0.1, 0.15) is 0 Å². The number of methoxy groups -OCH3 is 1. The predicted octanol–water partition coefficient (Wildman–Crippen LogP) is 1.23. The first kappa shape index (κ1) is 11.0. The highest BCUT2D eigenvalue weighted by Gasteiger charge is 2.41. The summed E-state index contributed by atoms with van der Waals surface area (Å²) in [5.74, 6) is -0.377. The summed E-state index contributed by atoms with van der Waals surface area (Å²) in [6.45, 7) is 2.23. The number of nitrogens with two attached hydrogens (primary N) is 1. The normalized spacial score (nSPS) is 23.6. The van der Waals surface area contributed by atoms with Crippen LogP contribution in [0.2, 0.25) is 0 Å². The Morgan fingerprint density at radius 1 is 1.56 bits per heavy atom. The summed E-state index contributed by atoms with van der Waals surface area (Å²) < 4.78 is 10.4. The van der Waals surface area contributed by atoms with Crippen LogP contribution >= 0.6 is 0 Å². The number of fused-ring (bicyclic) bond motifs is 1. The Bertz CT molecular complexity index is 430. The van der Waals surface area contributed by atoms with Crippen molar-refractivity contribution in [2.45, 2.75) is 18.9 Å². The monoisotopic (exact) mass is 221 g/mol. The number of nitrogen functional groups attached to an aromatic ring is 1. The van der Waals surface area contributed by atoms with Gasteiger partial charge in [-0.1, -0.05) is 6.07 Å². The van der Waals surface area contributed by atoms with Crippen LogP contribution in [-0.4, -0.2) is 19.7 Å². The van der Waals surface area contributed by atoms with Gasteiger partial charge in [0.15, 0.2) is 5.60 Å². The fourth-order valence-electron chi connectivity index (χ4n) is 2.09. The van der Waals surface area contributed by atoms with E-state index >= 15 is 0 Å². The summed E-state index contributed by atoms with van der Waals surface area (Å²) in [6, 6.07) is 5.49. The number of anilines is 1. The lowest BCUT2D eigenvalue weighted by Crippen LogP contribution is -2.41. The number of rotatable bonds is 1. The first-order valence-corrected chi connectivity index (χ1v) is 5.19. The molecule has 0 radical (unpaired) electrons. The largest absolute Gasteiger partial charge is 0.467 e. The number of hydrogen-bond donors (Lipinski definition) is 1. The van der Waals surface area contributed by atoms with Crippen molar-refractivity contribution in [2.75, 3.05) is 19.5 Å². The molecule has 2 N–H and O–H groups in total. The molecule has 86 valence electrons. The zero-order valence-corrected chi connectivity index (χ0v) is 9.45. The molecule has 0 amide bonds. The number of benzene rings is 1. The standard InChI is InChI=1S/C12H15NO3/c1-12(11(14)15-2)10-4-3-9(13)7-8(10)5-6-16-12/h3-4,7H,5-6,13H2,1-2H3. The van der Waals surface area contributed by atoms with Crippen molar-refractivity contribution in [1.29, 1.82) is 0 Å². The Balaban J connectivity index is 2.51. The van der Waals surface area contributed by atoms with Crippen molar-refractivity contribution in [1.82, 2.24) is 0 Å². The van der Waals surface area contributed by atoms with Crippen molar-refractivity contribution < 1.29 is 14.3 Å². The summed E-state index contributed by atoms with van der Waals surface area (Å²) in [4.78, 5) is 11.8. The highest BCUT2D eigenvalue weighted by molar-refractivity contribution is 5.82. The van der Waals surface area contributed by atoms with Crippen LogP contribution in [-0.2, 0) is 26.3 Å². The molecule has 0 fully saturated rings. The second-order valence-electron chi connectivity index (χ2n) is 4.04. The van der Waals surface area contributed by atoms with Crippen LogP contribution in [0.15, 0.2) is 18.2 Å². The Kier molecular flexibility index (Phi) is 2.59. The van der Waals surface area contributed by atoms with E-state index in [1.165, 1.54) is 7.11 Å². The molecule has 1 atom stereocenters. The quantitative estimate of drug-likeness (QED) is 0.572. The van der Waals surface area contributed by atoms with E-state index in [2.05, 4.69) is 0 Å². The molecule has 1 aliphatic rings. The van der Waals surface area contributed by atoms with Gasteiger partial charge in [-0.3, -0.25) is 0 Å². The lowest BCUT2D eigenvalue weighted by Gasteiger charge is -2.33. The summed E-state index contributed by atoms with van der Waals surface area (Å²) in [6.07, 6.45) is 0.771. The van der Waals surface area contributed by atoms with E-state index in [-0.39, 0.29) is 5.97 Å². The van der Waals surface area contributed by atoms with Gasteiger partial charge in [0, 0.05) is 5.69 Å². The molecule has 0 saturated heterocycles. The van der Waals surface area contributed by atoms with E-state index in [1.54, 1.807) is 13.0 Å². The molecule has 0 saturated carbocycles. The fraction of sp³-hybridized carbons (Fsp3) is 0.417. The summed E-state index contributed by atoms with van der Waals surface area (Å²) >= 11 is 0. The van der Waals surface area contributed by atoms with Gasteiger partial charge in [0.2, 0.25) is 0 Å². The van der Waals surface area contributed by atoms with Crippen molar-refractivity contribution in [2.24, 2.45) is 0 Å². The van der Waals surface area contributed by atoms with Gasteiger partial charge < -0.3 is 15.2 Å². The molecular formula is C12H15NO3. The Morgan fingerprint density at radius 2 is 2.31 bits per heavy atom. The molecule has 4 heteroatoms. The van der Waals surface area contributed by atoms with Crippen LogP contribution in [0.4, 0.5) is 5.69 Å². The predicted molar refractivity (Wildman–Crippen MR) is 59.9 cm³/mol. The van der Waals surface area contributed by atoms with Gasteiger partial charge in [0.25, 0.3) is 0 Å². The molecule has 1 aromatic rings. The highest BCUT2D eigenvalue weighted by atomic mass is 16.6. The van der Waals surface area contributed by atoms with E-state index in [9.17, 15) is 4.79 Å². The number of esters is 1. The molecule has 0 aromatic heterocycles. The van der Waals surface area contributed by atoms with Gasteiger partial charge in [-0.25, -0.2) is 4.79 Å². The average molecular weight is 221 g/mol. The molecule has 0 spiro atoms. The van der Waals surface area contributed by atoms with Gasteiger partial charge in [-0.05, 0) is 36.6 Å². The lowest BCUT2D eigenvalue weighted by molar-refractivity contribution is -0.170. The molecule has 0 bridgehead atoms. The van der Waals surface area contributed by atoms with Crippen LogP contribution in [0, 0.1) is 0 Å². The maximum absolute atomic E-state index is 11.8. The Hall–Kier alpha value is -1.55. The molecule has 2 rings (SSSR count). The Morgan fingerprint density at radius 3 is 3.00 bits per heavy atom. The van der Waals surface area contributed by atoms with Crippen LogP contribution in [0.1, 0.15) is 18.1 Å². The SMILES string of the molecule is COC(=O)C1(C)OCCc2cc(N)ccc21. The van der Waals surface area contributed by atoms with Crippen LogP contribution in [0.25, 0.3) is 0 Å². The van der Waals surface area contributed by atoms with Crippen molar-refractivity contribution in [3.63, 3.8) is 0 Å². The molecule has 1 aromatic carbocycles. The minimum absolute atomic E-state index is 0.377. The first-order chi connectivity index (χ1) is 7.58. The number of ether oxygens (including phenoxy) is 2. The third kappa shape index (κ3) is 1.55. The fourth-order valence-corrected chi connectivity index (χ4v) is 2.09. The highest BCUT2D eigenvalue weighted by Crippen LogP contribution is 2.34. The van der Waals surface area contributed by atoms with Crippen molar-refractivity contribution in [3.8, 4) is 0 Å². The summed E-state index contributed by atoms with van der Waals surface area (Å²) in [5.41, 5.74) is 7.32. The maximum atomic E-state index is 11.8. The molecule has 0 aliphatic carbocycles. The minimum atomic E-state index is -1.00. The van der Waals surface area contributed by atoms with E-state index in [0.29, 0.717) is 12.3 Å². The molecule has 1 aliphatic heterocycles. The third-order valence-electron chi connectivity index (χ3n) is 2.98. The zero-order valence-electron chi connectivity index (χ0n) is 9.45. The number of carbonyl (C=O) groups is 1. The van der Waals surface area contributed by atoms with Gasteiger partial charge in [-0.15, -0.1) is 0 Å². The molecular weight excluding hydrogens is 206 g/mol. The zero-order chi connectivity index (χ0) is 11.8. The third-order valence-corrected chi connectivity index (χ3v) is 2.98. The summed E-state index contributed by atoms with van der Waals surface area (Å²) in [5, 5.41) is 0. The van der Waals surface area contributed by atoms with Gasteiger partial charge >= 0.3 is 5.97 Å². The lowest BCUT2D eigenvalue weighted by atomic mass is 9.87. The molecule has 16 heavy (non-hydrogen) atoms. The molecule has 4 nitrogen and oxygen atoms in total. The minimum Gasteiger partial charge on any atom is -0.467 e. The van der Waals surface area contributed by atoms with E-state index in [1.807, 2.05) is 12.1 Å². The number of hydrogen-bond acceptors (Lipinski definition) is 4. The molecule has 1 unspecified atom stereocenters. The van der Waals surface area contributed by atoms with Gasteiger partial charge in [-0.2, -0.15) is 0 Å². The van der Waals surface area contributed by atoms with Crippen molar-refractivity contribution in [3.05, 3.63) is 29.3 Å². The Labute approximate surface area is 94.3 Å². The average Bonchev–Trinajstić information content (AvgIpc) is 2.27. The first-order valence-electron chi connectivity index (χ1n) is 5.19. The van der Waals surface area contributed by atoms with Crippen LogP contribution in [0.3, 0.4) is 0 Å². The smallest absolute Gasteiger partial charge is 0.342 e. The van der Waals surface area contributed by atoms with E-state index < -0.39 is 5.60 Å².